The summed E-state index contributed by atoms with van der Waals surface area (Å²) < 4.78 is 0. The average Bonchev–Trinajstić information content (AvgIpc) is 2.03. The van der Waals surface area contributed by atoms with E-state index in [0.717, 1.165) is 11.1 Å². The van der Waals surface area contributed by atoms with Gasteiger partial charge in [0.1, 0.15) is 5.78 Å². The molecule has 0 saturated carbocycles. The molecule has 1 N–H and O–H groups in total. The zero-order chi connectivity index (χ0) is 8.97. The lowest BCUT2D eigenvalue weighted by atomic mass is 10.1. The first-order valence-electron chi connectivity index (χ1n) is 3.90. The van der Waals surface area contributed by atoms with Gasteiger partial charge in [0.05, 0.1) is 6.61 Å². The third-order valence-electron chi connectivity index (χ3n) is 1.63. The maximum absolute atomic E-state index is 10.8. The van der Waals surface area contributed by atoms with Gasteiger partial charge in [-0.3, -0.25) is 4.79 Å². The molecule has 0 aliphatic heterocycles. The standard InChI is InChI=1S/C10H12O2/c1-8(12)5-9-3-2-4-10(6-9)7-11/h2-4,6,11H,5,7H2,1H3. The molecular formula is C10H12O2. The van der Waals surface area contributed by atoms with Crippen LogP contribution in [0.1, 0.15) is 18.1 Å². The highest BCUT2D eigenvalue weighted by molar-refractivity contribution is 5.78. The topological polar surface area (TPSA) is 37.3 Å². The van der Waals surface area contributed by atoms with Gasteiger partial charge in [0, 0.05) is 6.42 Å². The minimum absolute atomic E-state index is 0.0335. The van der Waals surface area contributed by atoms with E-state index in [-0.39, 0.29) is 12.4 Å². The van der Waals surface area contributed by atoms with E-state index in [1.54, 1.807) is 6.92 Å². The van der Waals surface area contributed by atoms with Gasteiger partial charge in [-0.1, -0.05) is 24.3 Å². The molecular weight excluding hydrogens is 152 g/mol. The van der Waals surface area contributed by atoms with Crippen molar-refractivity contribution in [2.45, 2.75) is 20.0 Å². The smallest absolute Gasteiger partial charge is 0.134 e. The second kappa shape index (κ2) is 4.02. The number of hydrogen-bond acceptors (Lipinski definition) is 2. The van der Waals surface area contributed by atoms with Crippen molar-refractivity contribution in [1.82, 2.24) is 0 Å². The molecule has 0 aromatic heterocycles. The Morgan fingerprint density at radius 1 is 1.42 bits per heavy atom. The summed E-state index contributed by atoms with van der Waals surface area (Å²) in [5.74, 6) is 0.144. The van der Waals surface area contributed by atoms with Crippen molar-refractivity contribution in [1.29, 1.82) is 0 Å². The number of Topliss-reactive ketones (excluding diaryl/α,β-unsaturated/α-hetero) is 1. The average molecular weight is 164 g/mol. The second-order valence-electron chi connectivity index (χ2n) is 2.86. The number of ketones is 1. The minimum atomic E-state index is 0.0335. The molecule has 64 valence electrons. The number of carbonyl (C=O) groups excluding carboxylic acids is 1. The number of aliphatic hydroxyl groups is 1. The summed E-state index contributed by atoms with van der Waals surface area (Å²) in [6.45, 7) is 1.59. The molecule has 1 rings (SSSR count). The highest BCUT2D eigenvalue weighted by Crippen LogP contribution is 2.05. The van der Waals surface area contributed by atoms with Crippen LogP contribution in [0, 0.1) is 0 Å². The van der Waals surface area contributed by atoms with E-state index in [9.17, 15) is 4.79 Å². The Morgan fingerprint density at radius 2 is 2.08 bits per heavy atom. The molecule has 0 amide bonds. The van der Waals surface area contributed by atoms with Gasteiger partial charge in [-0.05, 0) is 18.1 Å². The molecule has 0 spiro atoms. The Balaban J connectivity index is 2.79. The lowest BCUT2D eigenvalue weighted by Crippen LogP contribution is -1.96. The van der Waals surface area contributed by atoms with E-state index >= 15 is 0 Å². The van der Waals surface area contributed by atoms with Gasteiger partial charge in [0.2, 0.25) is 0 Å². The van der Waals surface area contributed by atoms with E-state index in [2.05, 4.69) is 0 Å². The third kappa shape index (κ3) is 2.47. The van der Waals surface area contributed by atoms with Gasteiger partial charge in [-0.2, -0.15) is 0 Å². The normalized spacial score (nSPS) is 9.83. The number of rotatable bonds is 3. The van der Waals surface area contributed by atoms with Gasteiger partial charge in [0.15, 0.2) is 0 Å². The number of hydrogen-bond donors (Lipinski definition) is 1. The first-order valence-corrected chi connectivity index (χ1v) is 3.90. The van der Waals surface area contributed by atoms with E-state index in [1.165, 1.54) is 0 Å². The van der Waals surface area contributed by atoms with Crippen LogP contribution in [0.3, 0.4) is 0 Å². The van der Waals surface area contributed by atoms with Crippen LogP contribution in [0.4, 0.5) is 0 Å². The molecule has 1 aromatic carbocycles. The van der Waals surface area contributed by atoms with Crippen molar-refractivity contribution >= 4 is 5.78 Å². The Kier molecular flexibility index (Phi) is 3.00. The summed E-state index contributed by atoms with van der Waals surface area (Å²) in [5.41, 5.74) is 1.82. The fourth-order valence-corrected chi connectivity index (χ4v) is 1.13. The molecule has 0 fully saturated rings. The molecule has 1 aromatic rings. The zero-order valence-electron chi connectivity index (χ0n) is 7.08. The summed E-state index contributed by atoms with van der Waals surface area (Å²) in [7, 11) is 0. The van der Waals surface area contributed by atoms with Gasteiger partial charge < -0.3 is 5.11 Å². The van der Waals surface area contributed by atoms with Gasteiger partial charge in [-0.15, -0.1) is 0 Å². The fraction of sp³-hybridized carbons (Fsp3) is 0.300. The maximum Gasteiger partial charge on any atom is 0.134 e. The van der Waals surface area contributed by atoms with Crippen LogP contribution in [0.2, 0.25) is 0 Å². The molecule has 0 saturated heterocycles. The predicted octanol–water partition coefficient (Wildman–Crippen LogP) is 1.31. The van der Waals surface area contributed by atoms with Crippen molar-refractivity contribution in [3.05, 3.63) is 35.4 Å². The van der Waals surface area contributed by atoms with Gasteiger partial charge in [-0.25, -0.2) is 0 Å². The molecule has 12 heavy (non-hydrogen) atoms. The minimum Gasteiger partial charge on any atom is -0.392 e. The largest absolute Gasteiger partial charge is 0.392 e. The summed E-state index contributed by atoms with van der Waals surface area (Å²) >= 11 is 0. The van der Waals surface area contributed by atoms with Gasteiger partial charge >= 0.3 is 0 Å². The molecule has 2 nitrogen and oxygen atoms in total. The zero-order valence-corrected chi connectivity index (χ0v) is 7.08. The molecule has 0 radical (unpaired) electrons. The summed E-state index contributed by atoms with van der Waals surface area (Å²) in [4.78, 5) is 10.8. The van der Waals surface area contributed by atoms with Crippen molar-refractivity contribution in [3.63, 3.8) is 0 Å². The van der Waals surface area contributed by atoms with Crippen LogP contribution in [-0.2, 0) is 17.8 Å². The molecule has 0 unspecified atom stereocenters. The van der Waals surface area contributed by atoms with E-state index < -0.39 is 0 Å². The summed E-state index contributed by atoms with van der Waals surface area (Å²) in [6, 6.07) is 7.43. The first-order chi connectivity index (χ1) is 5.72. The highest BCUT2D eigenvalue weighted by atomic mass is 16.3. The van der Waals surface area contributed by atoms with E-state index in [0.29, 0.717) is 6.42 Å². The van der Waals surface area contributed by atoms with E-state index in [4.69, 9.17) is 5.11 Å². The van der Waals surface area contributed by atoms with Crippen LogP contribution in [-0.4, -0.2) is 10.9 Å². The molecule has 0 bridgehead atoms. The van der Waals surface area contributed by atoms with Crippen LogP contribution in [0.25, 0.3) is 0 Å². The summed E-state index contributed by atoms with van der Waals surface area (Å²) in [5, 5.41) is 8.81. The SMILES string of the molecule is CC(=O)Cc1cccc(CO)c1. The summed E-state index contributed by atoms with van der Waals surface area (Å²) in [6.07, 6.45) is 0.452. The Labute approximate surface area is 71.8 Å². The quantitative estimate of drug-likeness (QED) is 0.731. The lowest BCUT2D eigenvalue weighted by molar-refractivity contribution is -0.116. The molecule has 0 aliphatic rings. The van der Waals surface area contributed by atoms with Gasteiger partial charge in [0.25, 0.3) is 0 Å². The molecule has 0 atom stereocenters. The predicted molar refractivity (Wildman–Crippen MR) is 46.7 cm³/mol. The number of aliphatic hydroxyl groups excluding tert-OH is 1. The second-order valence-corrected chi connectivity index (χ2v) is 2.86. The van der Waals surface area contributed by atoms with Crippen molar-refractivity contribution in [2.75, 3.05) is 0 Å². The van der Waals surface area contributed by atoms with Crippen LogP contribution in [0.5, 0.6) is 0 Å². The maximum atomic E-state index is 10.8. The Morgan fingerprint density at radius 3 is 2.67 bits per heavy atom. The highest BCUT2D eigenvalue weighted by Gasteiger charge is 1.97. The third-order valence-corrected chi connectivity index (χ3v) is 1.63. The number of carbonyl (C=O) groups is 1. The molecule has 2 heteroatoms. The van der Waals surface area contributed by atoms with E-state index in [1.807, 2.05) is 24.3 Å². The van der Waals surface area contributed by atoms with Crippen LogP contribution in [0.15, 0.2) is 24.3 Å². The fourth-order valence-electron chi connectivity index (χ4n) is 1.13. The monoisotopic (exact) mass is 164 g/mol. The van der Waals surface area contributed by atoms with Crippen LogP contribution < -0.4 is 0 Å². The first kappa shape index (κ1) is 8.94. The Hall–Kier alpha value is -1.15. The van der Waals surface area contributed by atoms with Crippen molar-refractivity contribution < 1.29 is 9.90 Å². The van der Waals surface area contributed by atoms with Crippen LogP contribution >= 0.6 is 0 Å². The van der Waals surface area contributed by atoms with Crippen molar-refractivity contribution in [2.24, 2.45) is 0 Å². The molecule has 0 heterocycles. The lowest BCUT2D eigenvalue weighted by Gasteiger charge is -1.99. The molecule has 0 aliphatic carbocycles. The number of benzene rings is 1. The van der Waals surface area contributed by atoms with Crippen molar-refractivity contribution in [3.8, 4) is 0 Å². The Bertz CT molecular complexity index is 279.